The molecule has 0 spiro atoms. The Morgan fingerprint density at radius 1 is 1.40 bits per heavy atom. The molecule has 5 nitrogen and oxygen atoms in total. The van der Waals surface area contributed by atoms with Gasteiger partial charge in [0, 0.05) is 6.61 Å². The molecule has 0 amide bonds. The van der Waals surface area contributed by atoms with Gasteiger partial charge in [0.15, 0.2) is 5.78 Å². The molecule has 6 heteroatoms. The molecule has 0 aromatic rings. The second kappa shape index (κ2) is 5.07. The Morgan fingerprint density at radius 2 is 2.05 bits per heavy atom. The summed E-state index contributed by atoms with van der Waals surface area (Å²) in [5, 5.41) is 0. The van der Waals surface area contributed by atoms with Gasteiger partial charge < -0.3 is 4.74 Å². The predicted octanol–water partition coefficient (Wildman–Crippen LogP) is 2.06. The van der Waals surface area contributed by atoms with E-state index in [9.17, 15) is 17.8 Å². The molecule has 0 aliphatic heterocycles. The van der Waals surface area contributed by atoms with Crippen molar-refractivity contribution in [1.29, 1.82) is 0 Å². The average molecular weight is 304 g/mol. The number of carbonyl (C=O) groups is 1. The second-order valence-corrected chi connectivity index (χ2v) is 8.14. The number of unbranched alkanes of at least 4 members (excludes halogenated alkanes) is 1. The van der Waals surface area contributed by atoms with Gasteiger partial charge >= 0.3 is 0 Å². The van der Waals surface area contributed by atoms with Crippen molar-refractivity contribution >= 4 is 15.9 Å². The van der Waals surface area contributed by atoms with Crippen LogP contribution in [0.25, 0.3) is 0 Å². The predicted molar refractivity (Wildman–Crippen MR) is 75.0 cm³/mol. The molecule has 0 radical (unpaired) electrons. The maximum Gasteiger partial charge on any atom is 0.265 e. The van der Waals surface area contributed by atoms with Crippen molar-refractivity contribution in [3.63, 3.8) is 0 Å². The zero-order chi connectivity index (χ0) is 15.2. The number of hydrogen-bond donors (Lipinski definition) is 1. The highest BCUT2D eigenvalue weighted by Crippen LogP contribution is 2.64. The van der Waals surface area contributed by atoms with Crippen LogP contribution in [-0.4, -0.2) is 37.2 Å². The number of ketones is 1. The van der Waals surface area contributed by atoms with Gasteiger partial charge in [0.05, 0.1) is 11.2 Å². The monoisotopic (exact) mass is 304 g/mol. The minimum absolute atomic E-state index is 0.0496. The summed E-state index contributed by atoms with van der Waals surface area (Å²) in [6.45, 7) is 6.44. The van der Waals surface area contributed by atoms with Crippen molar-refractivity contribution in [2.45, 2.75) is 52.6 Å². The molecule has 0 saturated heterocycles. The van der Waals surface area contributed by atoms with E-state index in [0.717, 1.165) is 19.3 Å². The van der Waals surface area contributed by atoms with Crippen molar-refractivity contribution in [3.8, 4) is 0 Å². The Bertz CT molecular complexity index is 496. The molecule has 2 aliphatic carbocycles. The van der Waals surface area contributed by atoms with Crippen LogP contribution in [0.3, 0.4) is 0 Å². The van der Waals surface area contributed by atoms with Gasteiger partial charge in [-0.25, -0.2) is 0 Å². The molecule has 20 heavy (non-hydrogen) atoms. The van der Waals surface area contributed by atoms with Gasteiger partial charge in [-0.3, -0.25) is 9.35 Å². The molecular weight excluding hydrogens is 280 g/mol. The number of hydrogen-bond acceptors (Lipinski definition) is 4. The van der Waals surface area contributed by atoms with Gasteiger partial charge in [-0.2, -0.15) is 8.42 Å². The van der Waals surface area contributed by atoms with Gasteiger partial charge in [0.2, 0.25) is 0 Å². The Morgan fingerprint density at radius 3 is 2.60 bits per heavy atom. The fraction of sp³-hybridized carbons (Fsp3) is 0.929. The first-order valence-corrected chi connectivity index (χ1v) is 8.88. The Kier molecular flexibility index (Phi) is 4.04. The fourth-order valence-electron chi connectivity index (χ4n) is 4.05. The van der Waals surface area contributed by atoms with Crippen molar-refractivity contribution in [3.05, 3.63) is 0 Å². The van der Waals surface area contributed by atoms with E-state index in [0.29, 0.717) is 13.0 Å². The van der Waals surface area contributed by atoms with Crippen molar-refractivity contribution in [1.82, 2.24) is 0 Å². The molecule has 0 heterocycles. The maximum atomic E-state index is 12.7. The van der Waals surface area contributed by atoms with E-state index < -0.39 is 32.8 Å². The van der Waals surface area contributed by atoms with E-state index in [-0.39, 0.29) is 11.7 Å². The van der Waals surface area contributed by atoms with Crippen molar-refractivity contribution in [2.75, 3.05) is 12.4 Å². The Hall–Kier alpha value is -0.460. The summed E-state index contributed by atoms with van der Waals surface area (Å²) < 4.78 is 37.6. The molecule has 2 fully saturated rings. The summed E-state index contributed by atoms with van der Waals surface area (Å²) in [6, 6.07) is 0. The first kappa shape index (κ1) is 15.9. The van der Waals surface area contributed by atoms with E-state index in [1.54, 1.807) is 0 Å². The molecule has 3 unspecified atom stereocenters. The quantitative estimate of drug-likeness (QED) is 0.600. The van der Waals surface area contributed by atoms with Gasteiger partial charge in [-0.05, 0) is 30.6 Å². The molecular formula is C14H24O5S. The smallest absolute Gasteiger partial charge is 0.265 e. The standard InChI is InChI=1S/C14H24O5S/c1-4-5-8-19-11-10-6-7-14(12(11)15,13(10,2)3)9-20(16,17)18/h10-11H,4-9H2,1-3H3,(H,16,17,18). The number of rotatable bonds is 6. The fourth-order valence-corrected chi connectivity index (χ4v) is 5.33. The zero-order valence-corrected chi connectivity index (χ0v) is 13.2. The summed E-state index contributed by atoms with van der Waals surface area (Å²) in [4.78, 5) is 12.7. The summed E-state index contributed by atoms with van der Waals surface area (Å²) in [5.74, 6) is -0.559. The Labute approximate surface area is 120 Å². The minimum atomic E-state index is -4.18. The van der Waals surface area contributed by atoms with Crippen LogP contribution < -0.4 is 0 Å². The first-order chi connectivity index (χ1) is 9.16. The van der Waals surface area contributed by atoms with Crippen LogP contribution in [-0.2, 0) is 19.6 Å². The van der Waals surface area contributed by atoms with E-state index >= 15 is 0 Å². The first-order valence-electron chi connectivity index (χ1n) is 7.27. The van der Waals surface area contributed by atoms with Gasteiger partial charge in [0.1, 0.15) is 6.10 Å². The number of carbonyl (C=O) groups excluding carboxylic acids is 1. The third-order valence-corrected chi connectivity index (χ3v) is 6.22. The van der Waals surface area contributed by atoms with Crippen LogP contribution in [0.5, 0.6) is 0 Å². The van der Waals surface area contributed by atoms with Crippen LogP contribution in [0, 0.1) is 16.7 Å². The molecule has 2 aliphatic rings. The van der Waals surface area contributed by atoms with Crippen LogP contribution in [0.15, 0.2) is 0 Å². The van der Waals surface area contributed by atoms with Crippen molar-refractivity contribution in [2.24, 2.45) is 16.7 Å². The summed E-state index contributed by atoms with van der Waals surface area (Å²) >= 11 is 0. The van der Waals surface area contributed by atoms with Gasteiger partial charge in [-0.15, -0.1) is 0 Å². The molecule has 0 aromatic heterocycles. The molecule has 2 bridgehead atoms. The van der Waals surface area contributed by atoms with Crippen molar-refractivity contribution < 1.29 is 22.5 Å². The topological polar surface area (TPSA) is 80.7 Å². The third-order valence-electron chi connectivity index (χ3n) is 5.36. The SMILES string of the molecule is CCCCOC1C(=O)C2(CS(=O)(=O)O)CCC1C2(C)C. The number of ether oxygens (including phenoxy) is 1. The molecule has 2 rings (SSSR count). The molecule has 116 valence electrons. The Balaban J connectivity index is 2.26. The maximum absolute atomic E-state index is 12.7. The summed E-state index contributed by atoms with van der Waals surface area (Å²) in [5.41, 5.74) is -1.43. The summed E-state index contributed by atoms with van der Waals surface area (Å²) in [6.07, 6.45) is 2.68. The number of Topliss-reactive ketones (excluding diaryl/α,β-unsaturated/α-hetero) is 1. The lowest BCUT2D eigenvalue weighted by atomic mass is 9.70. The lowest BCUT2D eigenvalue weighted by Gasteiger charge is -2.34. The highest BCUT2D eigenvalue weighted by Gasteiger charge is 2.70. The molecule has 3 atom stereocenters. The lowest BCUT2D eigenvalue weighted by Crippen LogP contribution is -2.44. The third kappa shape index (κ3) is 2.31. The van der Waals surface area contributed by atoms with E-state index in [4.69, 9.17) is 4.74 Å². The highest BCUT2D eigenvalue weighted by molar-refractivity contribution is 7.85. The second-order valence-electron chi connectivity index (χ2n) is 6.68. The van der Waals surface area contributed by atoms with E-state index in [1.165, 1.54) is 0 Å². The van der Waals surface area contributed by atoms with Gasteiger partial charge in [-0.1, -0.05) is 27.2 Å². The van der Waals surface area contributed by atoms with Crippen LogP contribution in [0.1, 0.15) is 46.5 Å². The molecule has 0 aromatic carbocycles. The zero-order valence-electron chi connectivity index (χ0n) is 12.4. The lowest BCUT2D eigenvalue weighted by molar-refractivity contribution is -0.138. The molecule has 1 N–H and O–H groups in total. The molecule has 2 saturated carbocycles. The van der Waals surface area contributed by atoms with E-state index in [1.807, 2.05) is 13.8 Å². The highest BCUT2D eigenvalue weighted by atomic mass is 32.2. The van der Waals surface area contributed by atoms with Crippen LogP contribution >= 0.6 is 0 Å². The van der Waals surface area contributed by atoms with Crippen LogP contribution in [0.2, 0.25) is 0 Å². The minimum Gasteiger partial charge on any atom is -0.370 e. The number of fused-ring (bicyclic) bond motifs is 2. The van der Waals surface area contributed by atoms with Crippen LogP contribution in [0.4, 0.5) is 0 Å². The van der Waals surface area contributed by atoms with E-state index in [2.05, 4.69) is 6.92 Å². The largest absolute Gasteiger partial charge is 0.370 e. The normalized spacial score (nSPS) is 35.7. The average Bonchev–Trinajstić information content (AvgIpc) is 2.62. The van der Waals surface area contributed by atoms with Gasteiger partial charge in [0.25, 0.3) is 10.1 Å². The summed E-state index contributed by atoms with van der Waals surface area (Å²) in [7, 11) is -4.18.